The van der Waals surface area contributed by atoms with Crippen molar-refractivity contribution in [1.29, 1.82) is 0 Å². The molecule has 28 heavy (non-hydrogen) atoms. The third-order valence-corrected chi connectivity index (χ3v) is 5.67. The van der Waals surface area contributed by atoms with Crippen molar-refractivity contribution in [3.8, 4) is 5.75 Å². The largest absolute Gasteiger partial charge is 0.489 e. The summed E-state index contributed by atoms with van der Waals surface area (Å²) < 4.78 is 6.17. The van der Waals surface area contributed by atoms with Crippen LogP contribution in [-0.2, 0) is 0 Å². The number of rotatable bonds is 18. The van der Waals surface area contributed by atoms with E-state index in [-0.39, 0.29) is 11.6 Å². The molecule has 2 N–H and O–H groups in total. The highest BCUT2D eigenvalue weighted by atomic mass is 16.5. The molecule has 0 fully saturated rings. The second-order valence-electron chi connectivity index (χ2n) is 9.13. The minimum atomic E-state index is -0.313. The molecule has 0 aromatic heterocycles. The SMILES string of the molecule is CCCCCCCCCCCCCCCCC(Oc1ccccc1)C(C)(C)N. The maximum Gasteiger partial charge on any atom is 0.119 e. The van der Waals surface area contributed by atoms with Crippen LogP contribution in [0.1, 0.15) is 117 Å². The van der Waals surface area contributed by atoms with E-state index in [0.717, 1.165) is 12.2 Å². The molecular formula is C26H47NO. The van der Waals surface area contributed by atoms with Gasteiger partial charge in [0.25, 0.3) is 0 Å². The number of ether oxygens (including phenoxy) is 1. The summed E-state index contributed by atoms with van der Waals surface area (Å²) in [6, 6.07) is 10.1. The van der Waals surface area contributed by atoms with Crippen LogP contribution in [0.3, 0.4) is 0 Å². The molecule has 1 rings (SSSR count). The lowest BCUT2D eigenvalue weighted by atomic mass is 9.93. The van der Waals surface area contributed by atoms with Gasteiger partial charge in [-0.05, 0) is 38.8 Å². The minimum Gasteiger partial charge on any atom is -0.489 e. The highest BCUT2D eigenvalue weighted by molar-refractivity contribution is 5.21. The standard InChI is InChI=1S/C26H47NO/c1-4-5-6-7-8-9-10-11-12-13-14-15-16-20-23-25(26(2,3)27)28-24-21-18-17-19-22-24/h17-19,21-22,25H,4-16,20,23,27H2,1-3H3. The van der Waals surface area contributed by atoms with Crippen LogP contribution in [0.15, 0.2) is 30.3 Å². The fourth-order valence-electron chi connectivity index (χ4n) is 3.77. The summed E-state index contributed by atoms with van der Waals surface area (Å²) in [4.78, 5) is 0. The first-order chi connectivity index (χ1) is 13.5. The van der Waals surface area contributed by atoms with Crippen LogP contribution in [0.25, 0.3) is 0 Å². The number of benzene rings is 1. The van der Waals surface area contributed by atoms with E-state index in [9.17, 15) is 0 Å². The van der Waals surface area contributed by atoms with Gasteiger partial charge in [0.05, 0.1) is 0 Å². The quantitative estimate of drug-likeness (QED) is 0.258. The molecule has 0 heterocycles. The molecule has 2 heteroatoms. The first kappa shape index (κ1) is 25.0. The molecule has 0 radical (unpaired) electrons. The van der Waals surface area contributed by atoms with Gasteiger partial charge in [-0.1, -0.05) is 109 Å². The Hall–Kier alpha value is -1.02. The molecule has 0 saturated heterocycles. The summed E-state index contributed by atoms with van der Waals surface area (Å²) in [5, 5.41) is 0. The van der Waals surface area contributed by atoms with Gasteiger partial charge in [0, 0.05) is 5.54 Å². The Bertz CT molecular complexity index is 451. The predicted octanol–water partition coefficient (Wildman–Crippen LogP) is 8.04. The summed E-state index contributed by atoms with van der Waals surface area (Å²) in [5.41, 5.74) is 6.04. The first-order valence-corrected chi connectivity index (χ1v) is 12.0. The summed E-state index contributed by atoms with van der Waals surface area (Å²) in [6.07, 6.45) is 20.6. The molecule has 0 saturated carbocycles. The Morgan fingerprint density at radius 3 is 1.57 bits per heavy atom. The maximum atomic E-state index is 6.36. The third-order valence-electron chi connectivity index (χ3n) is 5.67. The van der Waals surface area contributed by atoms with E-state index >= 15 is 0 Å². The second-order valence-corrected chi connectivity index (χ2v) is 9.13. The zero-order valence-corrected chi connectivity index (χ0v) is 19.1. The average Bonchev–Trinajstić information content (AvgIpc) is 2.67. The highest BCUT2D eigenvalue weighted by Crippen LogP contribution is 2.22. The number of nitrogens with two attached hydrogens (primary N) is 1. The number of para-hydroxylation sites is 1. The Morgan fingerprint density at radius 2 is 1.14 bits per heavy atom. The summed E-state index contributed by atoms with van der Waals surface area (Å²) in [7, 11) is 0. The molecular weight excluding hydrogens is 342 g/mol. The van der Waals surface area contributed by atoms with Gasteiger partial charge in [-0.2, -0.15) is 0 Å². The highest BCUT2D eigenvalue weighted by Gasteiger charge is 2.26. The number of unbranched alkanes of at least 4 members (excludes halogenated alkanes) is 13. The van der Waals surface area contributed by atoms with E-state index in [1.807, 2.05) is 30.3 Å². The van der Waals surface area contributed by atoms with Crippen LogP contribution in [0.5, 0.6) is 5.75 Å². The van der Waals surface area contributed by atoms with Gasteiger partial charge < -0.3 is 10.5 Å². The molecule has 0 bridgehead atoms. The summed E-state index contributed by atoms with van der Waals surface area (Å²) >= 11 is 0. The zero-order chi connectivity index (χ0) is 20.5. The van der Waals surface area contributed by atoms with E-state index < -0.39 is 0 Å². The van der Waals surface area contributed by atoms with Gasteiger partial charge in [-0.3, -0.25) is 0 Å². The van der Waals surface area contributed by atoms with Crippen LogP contribution in [0, 0.1) is 0 Å². The fraction of sp³-hybridized carbons (Fsp3) is 0.769. The third kappa shape index (κ3) is 13.2. The van der Waals surface area contributed by atoms with Crippen molar-refractivity contribution in [2.45, 2.75) is 129 Å². The van der Waals surface area contributed by atoms with Crippen LogP contribution in [-0.4, -0.2) is 11.6 Å². The molecule has 1 aromatic rings. The lowest BCUT2D eigenvalue weighted by molar-refractivity contribution is 0.117. The Kier molecular flexibility index (Phi) is 14.2. The van der Waals surface area contributed by atoms with Crippen molar-refractivity contribution >= 4 is 0 Å². The van der Waals surface area contributed by atoms with Crippen molar-refractivity contribution in [3.63, 3.8) is 0 Å². The smallest absolute Gasteiger partial charge is 0.119 e. The van der Waals surface area contributed by atoms with Gasteiger partial charge in [0.1, 0.15) is 11.9 Å². The van der Waals surface area contributed by atoms with Crippen LogP contribution in [0.4, 0.5) is 0 Å². The van der Waals surface area contributed by atoms with Crippen molar-refractivity contribution in [2.24, 2.45) is 5.73 Å². The van der Waals surface area contributed by atoms with Gasteiger partial charge in [0.15, 0.2) is 0 Å². The number of hydrogen-bond acceptors (Lipinski definition) is 2. The zero-order valence-electron chi connectivity index (χ0n) is 19.1. The van der Waals surface area contributed by atoms with E-state index in [1.165, 1.54) is 89.9 Å². The monoisotopic (exact) mass is 389 g/mol. The minimum absolute atomic E-state index is 0.0761. The molecule has 0 amide bonds. The molecule has 162 valence electrons. The summed E-state index contributed by atoms with van der Waals surface area (Å²) in [5.74, 6) is 0.927. The van der Waals surface area contributed by atoms with Gasteiger partial charge in [-0.25, -0.2) is 0 Å². The van der Waals surface area contributed by atoms with Crippen molar-refractivity contribution < 1.29 is 4.74 Å². The molecule has 0 aliphatic rings. The van der Waals surface area contributed by atoms with Crippen LogP contribution in [0.2, 0.25) is 0 Å². The molecule has 2 nitrogen and oxygen atoms in total. The van der Waals surface area contributed by atoms with Crippen molar-refractivity contribution in [3.05, 3.63) is 30.3 Å². The number of hydrogen-bond donors (Lipinski definition) is 1. The van der Waals surface area contributed by atoms with Crippen molar-refractivity contribution in [2.75, 3.05) is 0 Å². The van der Waals surface area contributed by atoms with E-state index in [0.29, 0.717) is 0 Å². The van der Waals surface area contributed by atoms with Gasteiger partial charge >= 0.3 is 0 Å². The predicted molar refractivity (Wildman–Crippen MR) is 124 cm³/mol. The maximum absolute atomic E-state index is 6.36. The second kappa shape index (κ2) is 15.9. The molecule has 1 atom stereocenters. The summed E-state index contributed by atoms with van der Waals surface area (Å²) in [6.45, 7) is 6.44. The van der Waals surface area contributed by atoms with Crippen LogP contribution < -0.4 is 10.5 Å². The Morgan fingerprint density at radius 1 is 0.714 bits per heavy atom. The first-order valence-electron chi connectivity index (χ1n) is 12.0. The van der Waals surface area contributed by atoms with Gasteiger partial charge in [-0.15, -0.1) is 0 Å². The molecule has 0 aliphatic heterocycles. The van der Waals surface area contributed by atoms with E-state index in [2.05, 4.69) is 20.8 Å². The normalized spacial score (nSPS) is 12.9. The molecule has 1 unspecified atom stereocenters. The Balaban J connectivity index is 2.00. The molecule has 0 aliphatic carbocycles. The van der Waals surface area contributed by atoms with Crippen molar-refractivity contribution in [1.82, 2.24) is 0 Å². The van der Waals surface area contributed by atoms with Crippen LogP contribution >= 0.6 is 0 Å². The van der Waals surface area contributed by atoms with E-state index in [4.69, 9.17) is 10.5 Å². The molecule has 0 spiro atoms. The fourth-order valence-corrected chi connectivity index (χ4v) is 3.77. The average molecular weight is 390 g/mol. The lowest BCUT2D eigenvalue weighted by Gasteiger charge is -2.31. The lowest BCUT2D eigenvalue weighted by Crippen LogP contribution is -2.48. The van der Waals surface area contributed by atoms with E-state index in [1.54, 1.807) is 0 Å². The van der Waals surface area contributed by atoms with Gasteiger partial charge in [0.2, 0.25) is 0 Å². The topological polar surface area (TPSA) is 35.2 Å². The Labute approximate surface area is 175 Å². The molecule has 1 aromatic carbocycles.